The van der Waals surface area contributed by atoms with E-state index in [1.807, 2.05) is 12.3 Å². The number of nitrogen functional groups attached to an aromatic ring is 1. The van der Waals surface area contributed by atoms with Crippen LogP contribution in [0.25, 0.3) is 11.0 Å². The number of nitrogens with one attached hydrogen (secondary N) is 1. The van der Waals surface area contributed by atoms with Gasteiger partial charge in [0, 0.05) is 18.8 Å². The second kappa shape index (κ2) is 3.75. The van der Waals surface area contributed by atoms with Crippen LogP contribution in [0.15, 0.2) is 18.5 Å². The van der Waals surface area contributed by atoms with Crippen LogP contribution in [0.3, 0.4) is 0 Å². The van der Waals surface area contributed by atoms with Crippen LogP contribution in [0.1, 0.15) is 18.9 Å². The largest absolute Gasteiger partial charge is 0.369 e. The Bertz CT molecular complexity index is 498. The van der Waals surface area contributed by atoms with Crippen LogP contribution in [0.5, 0.6) is 0 Å². The SMILES string of the molecule is Nc1nc2ccncc2n1C1CCCNC1. The third kappa shape index (κ3) is 1.44. The molecular formula is C11H15N5. The first kappa shape index (κ1) is 9.59. The summed E-state index contributed by atoms with van der Waals surface area (Å²) in [6, 6.07) is 2.31. The molecule has 1 atom stereocenters. The maximum atomic E-state index is 5.98. The van der Waals surface area contributed by atoms with Crippen molar-refractivity contribution in [1.82, 2.24) is 19.9 Å². The molecule has 3 N–H and O–H groups in total. The van der Waals surface area contributed by atoms with E-state index >= 15 is 0 Å². The number of hydrogen-bond donors (Lipinski definition) is 2. The monoisotopic (exact) mass is 217 g/mol. The van der Waals surface area contributed by atoms with Gasteiger partial charge in [-0.25, -0.2) is 4.98 Å². The molecule has 0 aromatic carbocycles. The molecule has 1 unspecified atom stereocenters. The highest BCUT2D eigenvalue weighted by molar-refractivity contribution is 5.77. The standard InChI is InChI=1S/C11H15N5/c12-11-15-9-3-5-14-7-10(9)16(11)8-2-1-4-13-6-8/h3,5,7-8,13H,1-2,4,6H2,(H2,12,15). The van der Waals surface area contributed by atoms with Crippen molar-refractivity contribution >= 4 is 17.0 Å². The molecule has 1 fully saturated rings. The minimum Gasteiger partial charge on any atom is -0.369 e. The van der Waals surface area contributed by atoms with E-state index < -0.39 is 0 Å². The van der Waals surface area contributed by atoms with Crippen LogP contribution < -0.4 is 11.1 Å². The molecular weight excluding hydrogens is 202 g/mol. The number of piperidine rings is 1. The lowest BCUT2D eigenvalue weighted by Crippen LogP contribution is -2.32. The summed E-state index contributed by atoms with van der Waals surface area (Å²) in [7, 11) is 0. The van der Waals surface area contributed by atoms with Crippen LogP contribution in [0, 0.1) is 0 Å². The summed E-state index contributed by atoms with van der Waals surface area (Å²) < 4.78 is 2.11. The fourth-order valence-electron chi connectivity index (χ4n) is 2.40. The van der Waals surface area contributed by atoms with Gasteiger partial charge in [-0.1, -0.05) is 0 Å². The summed E-state index contributed by atoms with van der Waals surface area (Å²) in [5.41, 5.74) is 7.95. The molecule has 0 radical (unpaired) electrons. The topological polar surface area (TPSA) is 68.8 Å². The first-order chi connectivity index (χ1) is 7.86. The minimum absolute atomic E-state index is 0.406. The van der Waals surface area contributed by atoms with E-state index in [0.717, 1.165) is 30.5 Å². The highest BCUT2D eigenvalue weighted by atomic mass is 15.2. The molecule has 1 aliphatic heterocycles. The average Bonchev–Trinajstić information content (AvgIpc) is 2.66. The quantitative estimate of drug-likeness (QED) is 0.746. The molecule has 0 aliphatic carbocycles. The Morgan fingerprint density at radius 2 is 2.44 bits per heavy atom. The van der Waals surface area contributed by atoms with Gasteiger partial charge in [-0.2, -0.15) is 0 Å². The molecule has 84 valence electrons. The molecule has 3 heterocycles. The summed E-state index contributed by atoms with van der Waals surface area (Å²) in [4.78, 5) is 8.51. The number of fused-ring (bicyclic) bond motifs is 1. The average molecular weight is 217 g/mol. The number of aromatic nitrogens is 3. The Balaban J connectivity index is 2.10. The van der Waals surface area contributed by atoms with Crippen LogP contribution in [-0.4, -0.2) is 27.6 Å². The fourth-order valence-corrected chi connectivity index (χ4v) is 2.40. The number of nitrogens with two attached hydrogens (primary N) is 1. The van der Waals surface area contributed by atoms with E-state index in [1.54, 1.807) is 6.20 Å². The second-order valence-electron chi connectivity index (χ2n) is 4.20. The Morgan fingerprint density at radius 3 is 3.25 bits per heavy atom. The highest BCUT2D eigenvalue weighted by Gasteiger charge is 2.19. The van der Waals surface area contributed by atoms with Crippen LogP contribution in [-0.2, 0) is 0 Å². The molecule has 1 saturated heterocycles. The van der Waals surface area contributed by atoms with E-state index in [-0.39, 0.29) is 0 Å². The van der Waals surface area contributed by atoms with E-state index in [0.29, 0.717) is 12.0 Å². The maximum Gasteiger partial charge on any atom is 0.201 e. The number of hydrogen-bond acceptors (Lipinski definition) is 4. The Labute approximate surface area is 93.7 Å². The van der Waals surface area contributed by atoms with E-state index in [1.165, 1.54) is 6.42 Å². The molecule has 5 heteroatoms. The molecule has 2 aromatic heterocycles. The van der Waals surface area contributed by atoms with Crippen LogP contribution in [0.2, 0.25) is 0 Å². The van der Waals surface area contributed by atoms with Gasteiger partial charge >= 0.3 is 0 Å². The molecule has 5 nitrogen and oxygen atoms in total. The van der Waals surface area contributed by atoms with Gasteiger partial charge in [0.15, 0.2) is 0 Å². The summed E-state index contributed by atoms with van der Waals surface area (Å²) >= 11 is 0. The third-order valence-corrected chi connectivity index (χ3v) is 3.16. The van der Waals surface area contributed by atoms with E-state index in [2.05, 4.69) is 19.9 Å². The Hall–Kier alpha value is -1.62. The summed E-state index contributed by atoms with van der Waals surface area (Å²) in [5.74, 6) is 0.594. The van der Waals surface area contributed by atoms with Crippen molar-refractivity contribution in [3.63, 3.8) is 0 Å². The first-order valence-electron chi connectivity index (χ1n) is 5.64. The van der Waals surface area contributed by atoms with Crippen molar-refractivity contribution in [2.24, 2.45) is 0 Å². The fraction of sp³-hybridized carbons (Fsp3) is 0.455. The van der Waals surface area contributed by atoms with Crippen molar-refractivity contribution in [3.05, 3.63) is 18.5 Å². The molecule has 0 saturated carbocycles. The molecule has 2 aromatic rings. The Kier molecular flexibility index (Phi) is 2.25. The molecule has 0 bridgehead atoms. The van der Waals surface area contributed by atoms with E-state index in [4.69, 9.17) is 5.73 Å². The number of rotatable bonds is 1. The molecule has 0 spiro atoms. The summed E-state index contributed by atoms with van der Waals surface area (Å²) in [6.07, 6.45) is 5.92. The molecule has 16 heavy (non-hydrogen) atoms. The lowest BCUT2D eigenvalue weighted by Gasteiger charge is -2.25. The zero-order valence-corrected chi connectivity index (χ0v) is 9.06. The highest BCUT2D eigenvalue weighted by Crippen LogP contribution is 2.25. The van der Waals surface area contributed by atoms with Gasteiger partial charge in [0.05, 0.1) is 17.2 Å². The minimum atomic E-state index is 0.406. The van der Waals surface area contributed by atoms with Gasteiger partial charge in [-0.15, -0.1) is 0 Å². The summed E-state index contributed by atoms with van der Waals surface area (Å²) in [6.45, 7) is 2.06. The number of anilines is 1. The lowest BCUT2D eigenvalue weighted by molar-refractivity contribution is 0.381. The van der Waals surface area contributed by atoms with Gasteiger partial charge in [0.25, 0.3) is 0 Å². The second-order valence-corrected chi connectivity index (χ2v) is 4.20. The number of nitrogens with zero attached hydrogens (tertiary/aromatic N) is 3. The molecule has 3 rings (SSSR count). The van der Waals surface area contributed by atoms with Crippen molar-refractivity contribution < 1.29 is 0 Å². The summed E-state index contributed by atoms with van der Waals surface area (Å²) in [5, 5.41) is 3.39. The molecule has 0 amide bonds. The first-order valence-corrected chi connectivity index (χ1v) is 5.64. The third-order valence-electron chi connectivity index (χ3n) is 3.16. The Morgan fingerprint density at radius 1 is 1.50 bits per heavy atom. The van der Waals surface area contributed by atoms with Crippen molar-refractivity contribution in [1.29, 1.82) is 0 Å². The predicted octanol–water partition coefficient (Wildman–Crippen LogP) is 0.938. The maximum absolute atomic E-state index is 5.98. The predicted molar refractivity (Wildman–Crippen MR) is 63.1 cm³/mol. The number of imidazole rings is 1. The van der Waals surface area contributed by atoms with Gasteiger partial charge < -0.3 is 15.6 Å². The van der Waals surface area contributed by atoms with Crippen LogP contribution >= 0.6 is 0 Å². The van der Waals surface area contributed by atoms with Crippen molar-refractivity contribution in [2.75, 3.05) is 18.8 Å². The van der Waals surface area contributed by atoms with Crippen molar-refractivity contribution in [2.45, 2.75) is 18.9 Å². The van der Waals surface area contributed by atoms with Gasteiger partial charge in [0.2, 0.25) is 5.95 Å². The zero-order valence-electron chi connectivity index (χ0n) is 9.06. The lowest BCUT2D eigenvalue weighted by atomic mass is 10.1. The normalized spacial score (nSPS) is 21.4. The van der Waals surface area contributed by atoms with Crippen molar-refractivity contribution in [3.8, 4) is 0 Å². The zero-order chi connectivity index (χ0) is 11.0. The molecule has 1 aliphatic rings. The van der Waals surface area contributed by atoms with Gasteiger partial charge in [0.1, 0.15) is 0 Å². The van der Waals surface area contributed by atoms with Crippen LogP contribution in [0.4, 0.5) is 5.95 Å². The smallest absolute Gasteiger partial charge is 0.201 e. The van der Waals surface area contributed by atoms with Gasteiger partial charge in [-0.05, 0) is 25.5 Å². The van der Waals surface area contributed by atoms with Gasteiger partial charge in [-0.3, -0.25) is 4.98 Å². The van der Waals surface area contributed by atoms with E-state index in [9.17, 15) is 0 Å². The number of pyridine rings is 1.